The van der Waals surface area contributed by atoms with Crippen LogP contribution in [0.25, 0.3) is 0 Å². The van der Waals surface area contributed by atoms with Crippen molar-refractivity contribution < 1.29 is 18.9 Å². The van der Waals surface area contributed by atoms with Crippen molar-refractivity contribution in [1.82, 2.24) is 0 Å². The van der Waals surface area contributed by atoms with Crippen LogP contribution < -0.4 is 0 Å². The van der Waals surface area contributed by atoms with Crippen LogP contribution in [0.15, 0.2) is 33.0 Å². The molecule has 4 atom stereocenters. The Hall–Kier alpha value is -0.620. The lowest BCUT2D eigenvalue weighted by atomic mass is 9.93. The van der Waals surface area contributed by atoms with Crippen molar-refractivity contribution in [3.8, 4) is 0 Å². The molecule has 0 spiro atoms. The standard InChI is InChI=1S/C20H25BrO4/c21-13-9-12(5-1-3-7-22-17-6-2-4-8-23-17)19-14(10-13)18-15(24-19)11-16-20(18)25-16/h9,15-17,20H,1-8,10-11H2/t15?,16-,17?,20-/m1/s1. The maximum absolute atomic E-state index is 6.31. The fourth-order valence-electron chi connectivity index (χ4n) is 4.53. The monoisotopic (exact) mass is 408 g/mol. The summed E-state index contributed by atoms with van der Waals surface area (Å²) in [6.45, 7) is 1.63. The highest BCUT2D eigenvalue weighted by atomic mass is 79.9. The van der Waals surface area contributed by atoms with E-state index in [4.69, 9.17) is 18.9 Å². The third kappa shape index (κ3) is 3.25. The van der Waals surface area contributed by atoms with Gasteiger partial charge >= 0.3 is 0 Å². The first-order chi connectivity index (χ1) is 12.3. The van der Waals surface area contributed by atoms with Crippen LogP contribution in [-0.4, -0.2) is 37.8 Å². The molecule has 0 aromatic carbocycles. The van der Waals surface area contributed by atoms with E-state index in [1.807, 2.05) is 0 Å². The molecular formula is C20H25BrO4. The van der Waals surface area contributed by atoms with Gasteiger partial charge in [0.25, 0.3) is 0 Å². The van der Waals surface area contributed by atoms with Gasteiger partial charge in [-0.05, 0) is 54.7 Å². The van der Waals surface area contributed by atoms with Gasteiger partial charge in [-0.3, -0.25) is 0 Å². The summed E-state index contributed by atoms with van der Waals surface area (Å²) < 4.78 is 24.8. The van der Waals surface area contributed by atoms with E-state index in [9.17, 15) is 0 Å². The van der Waals surface area contributed by atoms with Gasteiger partial charge in [-0.2, -0.15) is 0 Å². The molecule has 3 fully saturated rings. The largest absolute Gasteiger partial charge is 0.485 e. The van der Waals surface area contributed by atoms with Crippen molar-refractivity contribution in [2.24, 2.45) is 0 Å². The smallest absolute Gasteiger partial charge is 0.157 e. The highest BCUT2D eigenvalue weighted by molar-refractivity contribution is 9.11. The van der Waals surface area contributed by atoms with Gasteiger partial charge in [-0.15, -0.1) is 0 Å². The molecule has 5 aliphatic rings. The molecule has 0 N–H and O–H groups in total. The van der Waals surface area contributed by atoms with Gasteiger partial charge in [-0.25, -0.2) is 0 Å². The summed E-state index contributed by atoms with van der Waals surface area (Å²) in [5.41, 5.74) is 4.16. The van der Waals surface area contributed by atoms with Crippen molar-refractivity contribution in [1.29, 1.82) is 0 Å². The van der Waals surface area contributed by atoms with Crippen molar-refractivity contribution >= 4 is 15.9 Å². The molecule has 5 heteroatoms. The van der Waals surface area contributed by atoms with Gasteiger partial charge in [0.1, 0.15) is 18.0 Å². The summed E-state index contributed by atoms with van der Waals surface area (Å²) in [6, 6.07) is 0. The second kappa shape index (κ2) is 6.84. The molecule has 5 rings (SSSR count). The summed E-state index contributed by atoms with van der Waals surface area (Å²) in [5.74, 6) is 1.15. The molecule has 4 nitrogen and oxygen atoms in total. The predicted octanol–water partition coefficient (Wildman–Crippen LogP) is 4.50. The van der Waals surface area contributed by atoms with Crippen LogP contribution in [0.1, 0.15) is 51.4 Å². The third-order valence-electron chi connectivity index (χ3n) is 5.82. The molecule has 2 unspecified atom stereocenters. The molecule has 0 radical (unpaired) electrons. The maximum atomic E-state index is 6.31. The molecule has 0 amide bonds. The molecule has 2 saturated heterocycles. The molecule has 3 aliphatic heterocycles. The molecule has 3 heterocycles. The molecule has 0 aromatic heterocycles. The third-order valence-corrected chi connectivity index (χ3v) is 6.32. The summed E-state index contributed by atoms with van der Waals surface area (Å²) in [5, 5.41) is 0. The van der Waals surface area contributed by atoms with Crippen LogP contribution in [0, 0.1) is 0 Å². The van der Waals surface area contributed by atoms with Gasteiger partial charge in [-0.1, -0.05) is 15.9 Å². The molecule has 25 heavy (non-hydrogen) atoms. The van der Waals surface area contributed by atoms with Gasteiger partial charge in [0, 0.05) is 37.2 Å². The number of allylic oxidation sites excluding steroid dienone is 4. The fourth-order valence-corrected chi connectivity index (χ4v) is 5.08. The quantitative estimate of drug-likeness (QED) is 0.478. The van der Waals surface area contributed by atoms with Crippen LogP contribution in [0.3, 0.4) is 0 Å². The highest BCUT2D eigenvalue weighted by Crippen LogP contribution is 2.54. The normalized spacial score (nSPS) is 36.0. The van der Waals surface area contributed by atoms with Crippen molar-refractivity contribution in [3.05, 3.63) is 33.0 Å². The van der Waals surface area contributed by atoms with E-state index in [1.54, 1.807) is 0 Å². The van der Waals surface area contributed by atoms with E-state index in [2.05, 4.69) is 22.0 Å². The average molecular weight is 409 g/mol. The first-order valence-corrected chi connectivity index (χ1v) is 10.5. The summed E-state index contributed by atoms with van der Waals surface area (Å²) in [4.78, 5) is 0. The van der Waals surface area contributed by atoms with Crippen LogP contribution >= 0.6 is 15.9 Å². The first kappa shape index (κ1) is 16.5. The van der Waals surface area contributed by atoms with E-state index < -0.39 is 0 Å². The highest BCUT2D eigenvalue weighted by Gasteiger charge is 2.57. The first-order valence-electron chi connectivity index (χ1n) is 9.67. The van der Waals surface area contributed by atoms with Gasteiger partial charge in [0.15, 0.2) is 6.29 Å². The second-order valence-corrected chi connectivity index (χ2v) is 8.64. The Bertz CT molecular complexity index is 644. The van der Waals surface area contributed by atoms with Crippen LogP contribution in [0.2, 0.25) is 0 Å². The van der Waals surface area contributed by atoms with Gasteiger partial charge < -0.3 is 18.9 Å². The second-order valence-electron chi connectivity index (χ2n) is 7.62. The Kier molecular flexibility index (Phi) is 4.53. The Morgan fingerprint density at radius 1 is 1.24 bits per heavy atom. The Morgan fingerprint density at radius 2 is 2.20 bits per heavy atom. The molecule has 136 valence electrons. The van der Waals surface area contributed by atoms with E-state index in [0.29, 0.717) is 12.2 Å². The number of unbranched alkanes of at least 4 members (excludes halogenated alkanes) is 1. The van der Waals surface area contributed by atoms with E-state index in [1.165, 1.54) is 34.0 Å². The van der Waals surface area contributed by atoms with Gasteiger partial charge in [0.2, 0.25) is 0 Å². The zero-order valence-electron chi connectivity index (χ0n) is 14.5. The average Bonchev–Trinajstić information content (AvgIpc) is 3.13. The Morgan fingerprint density at radius 3 is 3.08 bits per heavy atom. The molecular weight excluding hydrogens is 384 g/mol. The number of hydrogen-bond acceptors (Lipinski definition) is 4. The predicted molar refractivity (Wildman–Crippen MR) is 97.2 cm³/mol. The number of ether oxygens (including phenoxy) is 4. The Balaban J connectivity index is 1.17. The minimum atomic E-state index is 0.0277. The van der Waals surface area contributed by atoms with Crippen molar-refractivity contribution in [2.45, 2.75) is 76.0 Å². The van der Waals surface area contributed by atoms with Crippen LogP contribution in [0.5, 0.6) is 0 Å². The number of epoxide rings is 1. The molecule has 2 aliphatic carbocycles. The SMILES string of the molecule is BrC1=CC(CCCCOC2CCCCO2)=C2OC3C[C@H]4O[C@H]4C3=C2C1. The fraction of sp³-hybridized carbons (Fsp3) is 0.700. The molecule has 0 bridgehead atoms. The Labute approximate surface area is 157 Å². The minimum Gasteiger partial charge on any atom is -0.485 e. The van der Waals surface area contributed by atoms with Crippen LogP contribution in [-0.2, 0) is 18.9 Å². The summed E-state index contributed by atoms with van der Waals surface area (Å²) in [7, 11) is 0. The lowest BCUT2D eigenvalue weighted by Crippen LogP contribution is -2.22. The zero-order chi connectivity index (χ0) is 16.8. The molecule has 1 saturated carbocycles. The maximum Gasteiger partial charge on any atom is 0.157 e. The zero-order valence-corrected chi connectivity index (χ0v) is 16.1. The van der Waals surface area contributed by atoms with Crippen LogP contribution in [0.4, 0.5) is 0 Å². The summed E-state index contributed by atoms with van der Waals surface area (Å²) >= 11 is 3.73. The van der Waals surface area contributed by atoms with Crippen molar-refractivity contribution in [3.63, 3.8) is 0 Å². The van der Waals surface area contributed by atoms with E-state index in [0.717, 1.165) is 57.5 Å². The number of halogens is 1. The topological polar surface area (TPSA) is 40.2 Å². The number of hydrogen-bond donors (Lipinski definition) is 0. The number of rotatable bonds is 6. The van der Waals surface area contributed by atoms with Crippen molar-refractivity contribution in [2.75, 3.05) is 13.2 Å². The lowest BCUT2D eigenvalue weighted by molar-refractivity contribution is -0.162. The minimum absolute atomic E-state index is 0.0277. The van der Waals surface area contributed by atoms with E-state index in [-0.39, 0.29) is 12.4 Å². The number of fused-ring (bicyclic) bond motifs is 4. The summed E-state index contributed by atoms with van der Waals surface area (Å²) in [6.07, 6.45) is 12.0. The van der Waals surface area contributed by atoms with Gasteiger partial charge in [0.05, 0.1) is 6.10 Å². The molecule has 0 aromatic rings. The lowest BCUT2D eigenvalue weighted by Gasteiger charge is -2.22. The van der Waals surface area contributed by atoms with E-state index >= 15 is 0 Å².